The molecule has 0 fully saturated rings. The molecular weight excluding hydrogens is 343 g/mol. The van der Waals surface area contributed by atoms with Crippen molar-refractivity contribution in [3.8, 4) is 18.1 Å². The fourth-order valence-corrected chi connectivity index (χ4v) is 1.08. The minimum Gasteiger partial charge on any atom is -0.450 e. The van der Waals surface area contributed by atoms with Crippen molar-refractivity contribution >= 4 is 15.3 Å². The van der Waals surface area contributed by atoms with E-state index in [9.17, 15) is 4.79 Å². The molecule has 0 aromatic rings. The number of aldehydes is 1. The predicted molar refractivity (Wildman–Crippen MR) is 103 cm³/mol. The van der Waals surface area contributed by atoms with Crippen LogP contribution in [0.1, 0.15) is 34.1 Å². The molecule has 0 N–H and O–H groups in total. The largest absolute Gasteiger partial charge is 0.450 e. The van der Waals surface area contributed by atoms with Gasteiger partial charge in [0.1, 0.15) is 6.11 Å². The van der Waals surface area contributed by atoms with Gasteiger partial charge in [-0.2, -0.15) is 5.26 Å². The summed E-state index contributed by atoms with van der Waals surface area (Å²) >= 11 is 0. The summed E-state index contributed by atoms with van der Waals surface area (Å²) in [7, 11) is 8.52. The standard InChI is InChI=1S/C7H17N.C4H7NO.C4H4O2.C2H7O2P/c1-6(2)8(5)7(3)4;2*1-6-4-2-3-5;1-3-5-4-2/h6-7H,1-5H3;2,4H2,1H3;3H,1H3;5H,1-2H3. The Morgan fingerprint density at radius 3 is 1.64 bits per heavy atom. The van der Waals surface area contributed by atoms with Gasteiger partial charge >= 0.3 is 0 Å². The summed E-state index contributed by atoms with van der Waals surface area (Å²) in [6.45, 7) is 9.39. The first-order valence-electron chi connectivity index (χ1n) is 7.66. The summed E-state index contributed by atoms with van der Waals surface area (Å²) in [4.78, 5) is 11.6. The zero-order valence-corrected chi connectivity index (χ0v) is 18.1. The number of hydrogen-bond acceptors (Lipinski definition) is 7. The van der Waals surface area contributed by atoms with Crippen molar-refractivity contribution in [3.05, 3.63) is 0 Å². The maximum atomic E-state index is 9.31. The fraction of sp³-hybridized carbons (Fsp3) is 0.765. The maximum Gasteiger partial charge on any atom is 0.196 e. The highest BCUT2D eigenvalue weighted by Gasteiger charge is 2.04. The number of methoxy groups -OCH3 is 2. The average Bonchev–Trinajstić information content (AvgIpc) is 2.59. The number of carbonyl (C=O) groups is 1. The van der Waals surface area contributed by atoms with E-state index in [0.717, 1.165) is 0 Å². The summed E-state index contributed by atoms with van der Waals surface area (Å²) in [5.74, 6) is 2.05. The van der Waals surface area contributed by atoms with E-state index in [0.29, 0.717) is 31.4 Å². The van der Waals surface area contributed by atoms with E-state index >= 15 is 0 Å². The van der Waals surface area contributed by atoms with E-state index in [-0.39, 0.29) is 9.03 Å². The molecule has 0 aliphatic carbocycles. The van der Waals surface area contributed by atoms with Crippen LogP contribution in [0, 0.1) is 23.4 Å². The summed E-state index contributed by atoms with van der Waals surface area (Å²) < 4.78 is 17.7. The van der Waals surface area contributed by atoms with Gasteiger partial charge in [-0.25, -0.2) is 0 Å². The van der Waals surface area contributed by atoms with Crippen molar-refractivity contribution in [1.29, 1.82) is 5.26 Å². The van der Waals surface area contributed by atoms with Crippen LogP contribution in [-0.4, -0.2) is 65.4 Å². The number of rotatable bonds is 6. The molecule has 0 aliphatic heterocycles. The quantitative estimate of drug-likeness (QED) is 0.304. The van der Waals surface area contributed by atoms with Crippen molar-refractivity contribution in [1.82, 2.24) is 4.90 Å². The van der Waals surface area contributed by atoms with Crippen LogP contribution in [0.15, 0.2) is 0 Å². The molecule has 0 bridgehead atoms. The third kappa shape index (κ3) is 45.0. The molecule has 0 spiro atoms. The van der Waals surface area contributed by atoms with E-state index in [1.807, 2.05) is 12.0 Å². The van der Waals surface area contributed by atoms with E-state index in [1.165, 1.54) is 7.11 Å². The topological polar surface area (TPSA) is 81.0 Å². The number of ether oxygens (including phenoxy) is 2. The molecule has 0 atom stereocenters. The zero-order valence-electron chi connectivity index (χ0n) is 17.1. The highest BCUT2D eigenvalue weighted by molar-refractivity contribution is 7.26. The van der Waals surface area contributed by atoms with Crippen molar-refractivity contribution in [3.63, 3.8) is 0 Å². The normalized spacial score (nSPS) is 8.44. The van der Waals surface area contributed by atoms with Crippen molar-refractivity contribution in [2.45, 2.75) is 46.2 Å². The lowest BCUT2D eigenvalue weighted by atomic mass is 10.3. The molecule has 0 rings (SSSR count). The van der Waals surface area contributed by atoms with Gasteiger partial charge < -0.3 is 23.4 Å². The summed E-state index contributed by atoms with van der Waals surface area (Å²) in [5.41, 5.74) is 0. The van der Waals surface area contributed by atoms with Gasteiger partial charge in [0.05, 0.1) is 26.2 Å². The van der Waals surface area contributed by atoms with Crippen molar-refractivity contribution < 1.29 is 23.3 Å². The van der Waals surface area contributed by atoms with Gasteiger partial charge in [-0.1, -0.05) is 0 Å². The van der Waals surface area contributed by atoms with Gasteiger partial charge in [-0.05, 0) is 34.7 Å². The zero-order chi connectivity index (χ0) is 20.5. The van der Waals surface area contributed by atoms with Crippen LogP contribution in [0.3, 0.4) is 0 Å². The van der Waals surface area contributed by atoms with Gasteiger partial charge in [0.25, 0.3) is 0 Å². The molecule has 0 unspecified atom stereocenters. The molecule has 0 aromatic carbocycles. The molecule has 7 nitrogen and oxygen atoms in total. The first-order chi connectivity index (χ1) is 11.8. The lowest BCUT2D eigenvalue weighted by Crippen LogP contribution is -2.32. The number of nitrogens with zero attached hydrogens (tertiary/aromatic N) is 2. The van der Waals surface area contributed by atoms with Crippen LogP contribution >= 0.6 is 9.03 Å². The Hall–Kier alpha value is -1.21. The Morgan fingerprint density at radius 1 is 1.08 bits per heavy atom. The second-order valence-electron chi connectivity index (χ2n) is 4.81. The Bertz CT molecular complexity index is 339. The van der Waals surface area contributed by atoms with Crippen LogP contribution in [0.2, 0.25) is 0 Å². The molecule has 0 saturated carbocycles. The lowest BCUT2D eigenvalue weighted by molar-refractivity contribution is -0.103. The van der Waals surface area contributed by atoms with Crippen molar-refractivity contribution in [2.24, 2.45) is 0 Å². The first kappa shape index (κ1) is 31.5. The Morgan fingerprint density at radius 2 is 1.56 bits per heavy atom. The van der Waals surface area contributed by atoms with Crippen LogP contribution in [0.4, 0.5) is 0 Å². The van der Waals surface area contributed by atoms with Gasteiger partial charge in [-0.15, -0.1) is 0 Å². The van der Waals surface area contributed by atoms with Gasteiger partial charge in [0.2, 0.25) is 0 Å². The number of carbonyl (C=O) groups excluding carboxylic acids is 1. The highest BCUT2D eigenvalue weighted by Crippen LogP contribution is 2.05. The average molecular weight is 378 g/mol. The molecule has 0 amide bonds. The van der Waals surface area contributed by atoms with Gasteiger partial charge in [-0.3, -0.25) is 4.79 Å². The maximum absolute atomic E-state index is 9.31. The summed E-state index contributed by atoms with van der Waals surface area (Å²) in [6.07, 6.45) is 3.05. The van der Waals surface area contributed by atoms with Crippen LogP contribution < -0.4 is 0 Å². The molecule has 0 heterocycles. The Balaban J connectivity index is -0.000000119. The minimum absolute atomic E-state index is 0.198. The lowest BCUT2D eigenvalue weighted by Gasteiger charge is -2.24. The summed E-state index contributed by atoms with van der Waals surface area (Å²) in [6, 6.07) is 3.30. The molecule has 8 heteroatoms. The van der Waals surface area contributed by atoms with Crippen LogP contribution in [-0.2, 0) is 23.3 Å². The Kier molecular flexibility index (Phi) is 38.7. The van der Waals surface area contributed by atoms with E-state index in [2.05, 4.69) is 64.3 Å². The van der Waals surface area contributed by atoms with Crippen LogP contribution in [0.5, 0.6) is 0 Å². The molecule has 25 heavy (non-hydrogen) atoms. The molecular formula is C17H35N2O5P. The van der Waals surface area contributed by atoms with E-state index in [4.69, 9.17) is 5.26 Å². The molecule has 0 saturated heterocycles. The molecule has 0 aromatic heterocycles. The van der Waals surface area contributed by atoms with E-state index in [1.54, 1.807) is 21.3 Å². The second-order valence-corrected chi connectivity index (χ2v) is 5.80. The minimum atomic E-state index is 0.198. The predicted octanol–water partition coefficient (Wildman–Crippen LogP) is 2.86. The van der Waals surface area contributed by atoms with Crippen molar-refractivity contribution in [2.75, 3.05) is 42.1 Å². The third-order valence-corrected chi connectivity index (χ3v) is 2.77. The molecule has 148 valence electrons. The van der Waals surface area contributed by atoms with Gasteiger partial charge in [0, 0.05) is 39.3 Å². The summed E-state index contributed by atoms with van der Waals surface area (Å²) in [5, 5.41) is 7.87. The first-order valence-corrected chi connectivity index (χ1v) is 8.48. The third-order valence-electron chi connectivity index (χ3n) is 2.43. The SMILES string of the molecule is CC(C)N(C)C(C)C.COC#CC=O.COCCC#N.COPOC. The highest BCUT2D eigenvalue weighted by atomic mass is 31.1. The smallest absolute Gasteiger partial charge is 0.196 e. The number of hydrogen-bond donors (Lipinski definition) is 0. The van der Waals surface area contributed by atoms with Crippen LogP contribution in [0.25, 0.3) is 0 Å². The number of nitriles is 1. The fourth-order valence-electron chi connectivity index (χ4n) is 0.910. The molecule has 0 radical (unpaired) electrons. The van der Waals surface area contributed by atoms with Gasteiger partial charge in [0.15, 0.2) is 15.3 Å². The molecule has 0 aliphatic rings. The van der Waals surface area contributed by atoms with E-state index < -0.39 is 0 Å². The Labute approximate surface area is 155 Å². The monoisotopic (exact) mass is 378 g/mol. The second kappa shape index (κ2) is 30.6.